The lowest BCUT2D eigenvalue weighted by Crippen LogP contribution is -2.39. The molecule has 6 heteroatoms. The van der Waals surface area contributed by atoms with Crippen LogP contribution in [0.3, 0.4) is 0 Å². The van der Waals surface area contributed by atoms with Crippen LogP contribution >= 0.6 is 35.0 Å². The molecule has 0 spiro atoms. The number of rotatable bonds is 1. The van der Waals surface area contributed by atoms with Gasteiger partial charge in [-0.15, -0.1) is 12.4 Å². The van der Waals surface area contributed by atoms with Crippen molar-refractivity contribution >= 4 is 40.9 Å². The van der Waals surface area contributed by atoms with Crippen molar-refractivity contribution in [1.29, 1.82) is 0 Å². The van der Waals surface area contributed by atoms with Gasteiger partial charge >= 0.3 is 0 Å². The lowest BCUT2D eigenvalue weighted by atomic mass is 10.1. The Labute approximate surface area is 137 Å². The van der Waals surface area contributed by atoms with Gasteiger partial charge in [-0.05, 0) is 60.1 Å². The predicted octanol–water partition coefficient (Wildman–Crippen LogP) is 2.82. The summed E-state index contributed by atoms with van der Waals surface area (Å²) in [5, 5.41) is 3.56. The molecule has 0 saturated carbocycles. The van der Waals surface area contributed by atoms with Crippen molar-refractivity contribution in [3.8, 4) is 0 Å². The van der Waals surface area contributed by atoms with Gasteiger partial charge in [-0.2, -0.15) is 0 Å². The molecule has 3 rings (SSSR count). The van der Waals surface area contributed by atoms with Crippen LogP contribution in [0, 0.1) is 9.39 Å². The number of hydrogen-bond donors (Lipinski definition) is 1. The lowest BCUT2D eigenvalue weighted by molar-refractivity contribution is 0.0747. The summed E-state index contributed by atoms with van der Waals surface area (Å²) in [6.07, 6.45) is 3.38. The first-order chi connectivity index (χ1) is 9.13. The number of carbonyl (C=O) groups is 1. The fourth-order valence-electron chi connectivity index (χ4n) is 2.96. The van der Waals surface area contributed by atoms with Gasteiger partial charge in [0.1, 0.15) is 5.82 Å². The Morgan fingerprint density at radius 3 is 2.80 bits per heavy atom. The highest BCUT2D eigenvalue weighted by Gasteiger charge is 2.31. The van der Waals surface area contributed by atoms with Crippen molar-refractivity contribution in [1.82, 2.24) is 10.2 Å². The van der Waals surface area contributed by atoms with Crippen LogP contribution in [0.15, 0.2) is 18.2 Å². The van der Waals surface area contributed by atoms with E-state index in [-0.39, 0.29) is 24.1 Å². The minimum Gasteiger partial charge on any atom is -0.337 e. The minimum atomic E-state index is -0.294. The molecule has 1 N–H and O–H groups in total. The Kier molecular flexibility index (Phi) is 5.25. The molecule has 110 valence electrons. The van der Waals surface area contributed by atoms with E-state index in [0.717, 1.165) is 25.9 Å². The summed E-state index contributed by atoms with van der Waals surface area (Å²) in [5.41, 5.74) is 0.611. The van der Waals surface area contributed by atoms with Gasteiger partial charge in [0.05, 0.1) is 5.56 Å². The van der Waals surface area contributed by atoms with Crippen LogP contribution in [-0.4, -0.2) is 36.0 Å². The maximum atomic E-state index is 13.1. The van der Waals surface area contributed by atoms with E-state index >= 15 is 0 Å². The zero-order valence-electron chi connectivity index (χ0n) is 10.9. The van der Waals surface area contributed by atoms with E-state index in [0.29, 0.717) is 21.2 Å². The second-order valence-electron chi connectivity index (χ2n) is 5.30. The summed E-state index contributed by atoms with van der Waals surface area (Å²) < 4.78 is 13.8. The maximum Gasteiger partial charge on any atom is 0.254 e. The molecule has 1 amide bonds. The van der Waals surface area contributed by atoms with Crippen LogP contribution in [0.5, 0.6) is 0 Å². The van der Waals surface area contributed by atoms with E-state index < -0.39 is 0 Å². The fraction of sp³-hybridized carbons (Fsp3) is 0.500. The molecular weight excluding hydrogens is 394 g/mol. The van der Waals surface area contributed by atoms with Crippen LogP contribution in [0.25, 0.3) is 0 Å². The Balaban J connectivity index is 0.00000147. The van der Waals surface area contributed by atoms with Gasteiger partial charge in [0.15, 0.2) is 0 Å². The van der Waals surface area contributed by atoms with E-state index in [4.69, 9.17) is 0 Å². The minimum absolute atomic E-state index is 0. The smallest absolute Gasteiger partial charge is 0.254 e. The monoisotopic (exact) mass is 410 g/mol. The third-order valence-corrected chi connectivity index (χ3v) is 4.86. The number of nitrogens with zero attached hydrogens (tertiary/aromatic N) is 1. The second kappa shape index (κ2) is 6.58. The van der Waals surface area contributed by atoms with Gasteiger partial charge in [0, 0.05) is 28.7 Å². The average molecular weight is 411 g/mol. The first-order valence-corrected chi connectivity index (χ1v) is 7.72. The van der Waals surface area contributed by atoms with Gasteiger partial charge in [0.25, 0.3) is 5.91 Å². The molecule has 2 heterocycles. The van der Waals surface area contributed by atoms with Gasteiger partial charge in [-0.25, -0.2) is 4.39 Å². The molecule has 2 unspecified atom stereocenters. The maximum absolute atomic E-state index is 13.1. The predicted molar refractivity (Wildman–Crippen MR) is 86.8 cm³/mol. The average Bonchev–Trinajstić information content (AvgIpc) is 2.68. The summed E-state index contributed by atoms with van der Waals surface area (Å²) in [5.74, 6) is -0.267. The molecule has 2 saturated heterocycles. The number of nitrogens with one attached hydrogen (secondary N) is 1. The molecule has 0 aliphatic carbocycles. The Bertz CT molecular complexity index is 514. The normalized spacial score (nSPS) is 25.0. The molecule has 1 aromatic rings. The van der Waals surface area contributed by atoms with Crippen molar-refractivity contribution in [2.45, 2.75) is 31.3 Å². The van der Waals surface area contributed by atoms with Gasteiger partial charge in [-0.1, -0.05) is 0 Å². The topological polar surface area (TPSA) is 32.3 Å². The largest absolute Gasteiger partial charge is 0.337 e. The summed E-state index contributed by atoms with van der Waals surface area (Å²) in [6.45, 7) is 1.56. The fourth-order valence-corrected chi connectivity index (χ4v) is 3.67. The van der Waals surface area contributed by atoms with Crippen LogP contribution in [0.1, 0.15) is 29.6 Å². The molecule has 3 nitrogen and oxygen atoms in total. The highest BCUT2D eigenvalue weighted by Crippen LogP contribution is 2.23. The Morgan fingerprint density at radius 2 is 2.05 bits per heavy atom. The molecule has 0 aromatic heterocycles. The van der Waals surface area contributed by atoms with Crippen LogP contribution in [0.4, 0.5) is 4.39 Å². The van der Waals surface area contributed by atoms with E-state index in [1.54, 1.807) is 6.07 Å². The zero-order chi connectivity index (χ0) is 13.4. The highest BCUT2D eigenvalue weighted by molar-refractivity contribution is 14.1. The number of fused-ring (bicyclic) bond motifs is 2. The zero-order valence-corrected chi connectivity index (χ0v) is 13.9. The summed E-state index contributed by atoms with van der Waals surface area (Å²) in [7, 11) is 0. The molecule has 20 heavy (non-hydrogen) atoms. The van der Waals surface area contributed by atoms with Gasteiger partial charge < -0.3 is 10.2 Å². The van der Waals surface area contributed by atoms with Crippen LogP contribution in [0.2, 0.25) is 0 Å². The van der Waals surface area contributed by atoms with E-state index in [1.165, 1.54) is 18.6 Å². The quantitative estimate of drug-likeness (QED) is 0.722. The Morgan fingerprint density at radius 1 is 1.30 bits per heavy atom. The molecule has 2 fully saturated rings. The number of likely N-dealkylation sites (tertiary alicyclic amines) is 1. The third kappa shape index (κ3) is 3.26. The van der Waals surface area contributed by atoms with Crippen molar-refractivity contribution in [2.24, 2.45) is 0 Å². The lowest BCUT2D eigenvalue weighted by Gasteiger charge is -2.24. The third-order valence-electron chi connectivity index (χ3n) is 3.97. The van der Waals surface area contributed by atoms with E-state index in [1.807, 2.05) is 27.5 Å². The van der Waals surface area contributed by atoms with Crippen molar-refractivity contribution < 1.29 is 9.18 Å². The van der Waals surface area contributed by atoms with Crippen LogP contribution in [-0.2, 0) is 0 Å². The van der Waals surface area contributed by atoms with Crippen LogP contribution < -0.4 is 5.32 Å². The van der Waals surface area contributed by atoms with Crippen molar-refractivity contribution in [2.75, 3.05) is 13.1 Å². The molecule has 1 aromatic carbocycles. The number of hydrogen-bond acceptors (Lipinski definition) is 2. The molecular formula is C14H17ClFIN2O. The summed E-state index contributed by atoms with van der Waals surface area (Å²) in [4.78, 5) is 14.4. The molecule has 2 bridgehead atoms. The van der Waals surface area contributed by atoms with Crippen molar-refractivity contribution in [3.05, 3.63) is 33.1 Å². The van der Waals surface area contributed by atoms with Gasteiger partial charge in [0.2, 0.25) is 0 Å². The number of amides is 1. The second-order valence-corrected chi connectivity index (χ2v) is 6.46. The molecule has 2 aliphatic heterocycles. The number of carbonyl (C=O) groups excluding carboxylic acids is 1. The van der Waals surface area contributed by atoms with E-state index in [9.17, 15) is 9.18 Å². The van der Waals surface area contributed by atoms with Crippen molar-refractivity contribution in [3.63, 3.8) is 0 Å². The Hall–Kier alpha value is -0.400. The molecule has 0 radical (unpaired) electrons. The molecule has 2 atom stereocenters. The SMILES string of the molecule is Cl.O=C(c1ccc(F)cc1I)N1CCC2CCC(C1)N2. The number of halogens is 3. The first-order valence-electron chi connectivity index (χ1n) is 6.64. The summed E-state index contributed by atoms with van der Waals surface area (Å²) >= 11 is 2.03. The summed E-state index contributed by atoms with van der Waals surface area (Å²) in [6, 6.07) is 5.36. The van der Waals surface area contributed by atoms with E-state index in [2.05, 4.69) is 5.32 Å². The first kappa shape index (κ1) is 16.0. The molecule has 2 aliphatic rings. The standard InChI is InChI=1S/C14H16FIN2O.ClH/c15-9-1-4-12(13(16)7-9)14(19)18-6-5-10-2-3-11(8-18)17-10;/h1,4,7,10-11,17H,2-3,5-6,8H2;1H. The number of benzene rings is 1. The highest BCUT2D eigenvalue weighted by atomic mass is 127. The van der Waals surface area contributed by atoms with Gasteiger partial charge in [-0.3, -0.25) is 4.79 Å².